The summed E-state index contributed by atoms with van der Waals surface area (Å²) >= 11 is 10.00. The van der Waals surface area contributed by atoms with Crippen LogP contribution in [-0.2, 0) is 0 Å². The number of rotatable bonds is 4. The summed E-state index contributed by atoms with van der Waals surface area (Å²) in [6.07, 6.45) is 0. The lowest BCUT2D eigenvalue weighted by Crippen LogP contribution is -1.97. The molecule has 0 saturated heterocycles. The molecule has 0 aromatic heterocycles. The minimum absolute atomic E-state index is 0.265. The van der Waals surface area contributed by atoms with Gasteiger partial charge in [-0.05, 0) is 35.9 Å². The minimum atomic E-state index is -0.265. The molecule has 0 saturated carbocycles. The molecular weight excluding hydrogens is 328 g/mol. The second-order valence-electron chi connectivity index (χ2n) is 4.02. The Labute approximate surface area is 126 Å². The number of halogens is 2. The third-order valence-electron chi connectivity index (χ3n) is 2.87. The fourth-order valence-electron chi connectivity index (χ4n) is 1.86. The normalized spacial score (nSPS) is 12.0. The molecule has 0 aliphatic rings. The van der Waals surface area contributed by atoms with Gasteiger partial charge in [0.15, 0.2) is 0 Å². The van der Waals surface area contributed by atoms with E-state index in [1.807, 2.05) is 42.5 Å². The lowest BCUT2D eigenvalue weighted by Gasteiger charge is -2.15. The summed E-state index contributed by atoms with van der Waals surface area (Å²) in [5.74, 6) is 1.59. The van der Waals surface area contributed by atoms with E-state index < -0.39 is 0 Å². The van der Waals surface area contributed by atoms with Crippen LogP contribution in [0.3, 0.4) is 0 Å². The molecular formula is C15H14BrClO2. The van der Waals surface area contributed by atoms with Gasteiger partial charge >= 0.3 is 0 Å². The Kier molecular flexibility index (Phi) is 4.72. The van der Waals surface area contributed by atoms with E-state index in [9.17, 15) is 0 Å². The maximum absolute atomic E-state index is 6.54. The second kappa shape index (κ2) is 6.31. The molecule has 2 aromatic rings. The van der Waals surface area contributed by atoms with Gasteiger partial charge in [-0.3, -0.25) is 0 Å². The highest BCUT2D eigenvalue weighted by atomic mass is 79.9. The van der Waals surface area contributed by atoms with E-state index in [-0.39, 0.29) is 5.38 Å². The third-order valence-corrected chi connectivity index (χ3v) is 3.85. The number of benzene rings is 2. The van der Waals surface area contributed by atoms with Gasteiger partial charge < -0.3 is 9.47 Å². The average Bonchev–Trinajstić information content (AvgIpc) is 2.46. The van der Waals surface area contributed by atoms with E-state index in [0.717, 1.165) is 27.1 Å². The van der Waals surface area contributed by atoms with Crippen LogP contribution in [0, 0.1) is 0 Å². The molecule has 0 aliphatic carbocycles. The van der Waals surface area contributed by atoms with E-state index in [2.05, 4.69) is 15.9 Å². The molecule has 2 aromatic carbocycles. The monoisotopic (exact) mass is 340 g/mol. The van der Waals surface area contributed by atoms with Crippen LogP contribution in [0.4, 0.5) is 0 Å². The van der Waals surface area contributed by atoms with Gasteiger partial charge in [0.2, 0.25) is 0 Å². The zero-order valence-electron chi connectivity index (χ0n) is 10.7. The zero-order valence-corrected chi connectivity index (χ0v) is 13.0. The maximum atomic E-state index is 6.54. The van der Waals surface area contributed by atoms with Crippen molar-refractivity contribution in [2.24, 2.45) is 0 Å². The molecule has 2 nitrogen and oxygen atoms in total. The summed E-state index contributed by atoms with van der Waals surface area (Å²) < 4.78 is 11.5. The molecule has 1 unspecified atom stereocenters. The molecule has 0 spiro atoms. The smallest absolute Gasteiger partial charge is 0.123 e. The standard InChI is InChI=1S/C15H14BrClO2/c1-18-12-6-3-10(4-7-12)15(17)13-9-11(16)5-8-14(13)19-2/h3-9,15H,1-2H3. The molecule has 2 rings (SSSR count). The topological polar surface area (TPSA) is 18.5 Å². The molecule has 1 atom stereocenters. The van der Waals surface area contributed by atoms with E-state index in [1.54, 1.807) is 14.2 Å². The van der Waals surface area contributed by atoms with Crippen LogP contribution in [0.25, 0.3) is 0 Å². The summed E-state index contributed by atoms with van der Waals surface area (Å²) in [5, 5.41) is -0.265. The van der Waals surface area contributed by atoms with E-state index in [4.69, 9.17) is 21.1 Å². The van der Waals surface area contributed by atoms with Gasteiger partial charge in [-0.2, -0.15) is 0 Å². The van der Waals surface area contributed by atoms with Crippen molar-refractivity contribution in [2.75, 3.05) is 14.2 Å². The first-order valence-corrected chi connectivity index (χ1v) is 7.00. The molecule has 19 heavy (non-hydrogen) atoms. The fourth-order valence-corrected chi connectivity index (χ4v) is 2.55. The first-order valence-electron chi connectivity index (χ1n) is 5.77. The predicted molar refractivity (Wildman–Crippen MR) is 81.4 cm³/mol. The molecule has 0 bridgehead atoms. The highest BCUT2D eigenvalue weighted by molar-refractivity contribution is 9.10. The molecule has 0 amide bonds. The largest absolute Gasteiger partial charge is 0.497 e. The van der Waals surface area contributed by atoms with Gasteiger partial charge in [-0.25, -0.2) is 0 Å². The Morgan fingerprint density at radius 2 is 1.68 bits per heavy atom. The average molecular weight is 342 g/mol. The molecule has 0 N–H and O–H groups in total. The Balaban J connectivity index is 2.36. The van der Waals surface area contributed by atoms with Gasteiger partial charge in [-0.15, -0.1) is 11.6 Å². The van der Waals surface area contributed by atoms with Crippen LogP contribution in [-0.4, -0.2) is 14.2 Å². The SMILES string of the molecule is COc1ccc(C(Cl)c2cc(Br)ccc2OC)cc1. The minimum Gasteiger partial charge on any atom is -0.497 e. The molecule has 0 fully saturated rings. The Bertz CT molecular complexity index is 555. The van der Waals surface area contributed by atoms with Gasteiger partial charge in [-0.1, -0.05) is 28.1 Å². The number of ether oxygens (including phenoxy) is 2. The number of methoxy groups -OCH3 is 2. The second-order valence-corrected chi connectivity index (χ2v) is 5.37. The van der Waals surface area contributed by atoms with Gasteiger partial charge in [0.25, 0.3) is 0 Å². The lowest BCUT2D eigenvalue weighted by atomic mass is 10.0. The van der Waals surface area contributed by atoms with Crippen molar-refractivity contribution in [3.63, 3.8) is 0 Å². The van der Waals surface area contributed by atoms with Crippen LogP contribution in [0.5, 0.6) is 11.5 Å². The highest BCUT2D eigenvalue weighted by Crippen LogP contribution is 2.37. The number of hydrogen-bond acceptors (Lipinski definition) is 2. The van der Waals surface area contributed by atoms with Crippen molar-refractivity contribution < 1.29 is 9.47 Å². The number of alkyl halides is 1. The molecule has 0 aliphatic heterocycles. The Morgan fingerprint density at radius 1 is 1.00 bits per heavy atom. The lowest BCUT2D eigenvalue weighted by molar-refractivity contribution is 0.410. The summed E-state index contributed by atoms with van der Waals surface area (Å²) in [6.45, 7) is 0. The molecule has 0 heterocycles. The van der Waals surface area contributed by atoms with Crippen molar-refractivity contribution >= 4 is 27.5 Å². The fraction of sp³-hybridized carbons (Fsp3) is 0.200. The molecule has 100 valence electrons. The Morgan fingerprint density at radius 3 is 2.26 bits per heavy atom. The van der Waals surface area contributed by atoms with Crippen LogP contribution in [0.1, 0.15) is 16.5 Å². The first-order chi connectivity index (χ1) is 9.15. The van der Waals surface area contributed by atoms with Crippen molar-refractivity contribution in [3.05, 3.63) is 58.1 Å². The van der Waals surface area contributed by atoms with E-state index in [0.29, 0.717) is 0 Å². The van der Waals surface area contributed by atoms with Crippen molar-refractivity contribution in [1.29, 1.82) is 0 Å². The molecule has 4 heteroatoms. The van der Waals surface area contributed by atoms with Crippen molar-refractivity contribution in [3.8, 4) is 11.5 Å². The first kappa shape index (κ1) is 14.2. The maximum Gasteiger partial charge on any atom is 0.123 e. The number of hydrogen-bond donors (Lipinski definition) is 0. The summed E-state index contributed by atoms with van der Waals surface area (Å²) in [5.41, 5.74) is 1.93. The van der Waals surface area contributed by atoms with Crippen LogP contribution >= 0.6 is 27.5 Å². The predicted octanol–water partition coefficient (Wildman–Crippen LogP) is 4.79. The van der Waals surface area contributed by atoms with Gasteiger partial charge in [0.05, 0.1) is 19.6 Å². The van der Waals surface area contributed by atoms with Crippen LogP contribution < -0.4 is 9.47 Å². The summed E-state index contributed by atoms with van der Waals surface area (Å²) in [4.78, 5) is 0. The van der Waals surface area contributed by atoms with Crippen LogP contribution in [0.2, 0.25) is 0 Å². The third kappa shape index (κ3) is 3.23. The van der Waals surface area contributed by atoms with Crippen molar-refractivity contribution in [1.82, 2.24) is 0 Å². The quantitative estimate of drug-likeness (QED) is 0.744. The van der Waals surface area contributed by atoms with Gasteiger partial charge in [0.1, 0.15) is 11.5 Å². The summed E-state index contributed by atoms with van der Waals surface area (Å²) in [6, 6.07) is 13.5. The van der Waals surface area contributed by atoms with E-state index >= 15 is 0 Å². The molecule has 0 radical (unpaired) electrons. The Hall–Kier alpha value is -1.19. The zero-order chi connectivity index (χ0) is 13.8. The van der Waals surface area contributed by atoms with Crippen LogP contribution in [0.15, 0.2) is 46.9 Å². The van der Waals surface area contributed by atoms with E-state index in [1.165, 1.54) is 0 Å². The summed E-state index contributed by atoms with van der Waals surface area (Å²) in [7, 11) is 3.29. The van der Waals surface area contributed by atoms with Crippen molar-refractivity contribution in [2.45, 2.75) is 5.38 Å². The van der Waals surface area contributed by atoms with Gasteiger partial charge in [0, 0.05) is 10.0 Å². The highest BCUT2D eigenvalue weighted by Gasteiger charge is 2.16.